The number of fused-ring (bicyclic) bond motifs is 1. The third kappa shape index (κ3) is 4.74. The number of hydrogen-bond acceptors (Lipinski definition) is 4. The molecule has 0 aliphatic heterocycles. The third-order valence-corrected chi connectivity index (χ3v) is 5.91. The molecule has 3 rings (SSSR count). The van der Waals surface area contributed by atoms with Crippen LogP contribution < -0.4 is 5.32 Å². The van der Waals surface area contributed by atoms with Crippen molar-refractivity contribution in [3.8, 4) is 0 Å². The number of benzene rings is 2. The molecular weight excluding hydrogens is 405 g/mol. The first-order valence-electron chi connectivity index (χ1n) is 9.29. The van der Waals surface area contributed by atoms with Crippen molar-refractivity contribution in [2.45, 2.75) is 18.2 Å². The summed E-state index contributed by atoms with van der Waals surface area (Å²) in [6.45, 7) is 1.67. The average molecular weight is 427 g/mol. The van der Waals surface area contributed by atoms with E-state index in [-0.39, 0.29) is 24.7 Å². The Bertz CT molecular complexity index is 1090. The number of allylic oxidation sites excluding steroid dienone is 2. The van der Waals surface area contributed by atoms with Crippen molar-refractivity contribution in [3.05, 3.63) is 70.5 Å². The van der Waals surface area contributed by atoms with E-state index in [1.165, 1.54) is 19.2 Å². The van der Waals surface area contributed by atoms with E-state index in [0.29, 0.717) is 11.1 Å². The van der Waals surface area contributed by atoms with Crippen LogP contribution in [0.5, 0.6) is 0 Å². The predicted octanol–water partition coefficient (Wildman–Crippen LogP) is 3.57. The number of amides is 1. The molecule has 0 fully saturated rings. The average Bonchev–Trinajstić information content (AvgIpc) is 2.97. The largest absolute Gasteiger partial charge is 0.468 e. The lowest BCUT2D eigenvalue weighted by atomic mass is 10.0. The molecule has 0 spiro atoms. The number of methoxy groups -OCH3 is 1. The van der Waals surface area contributed by atoms with E-state index in [1.807, 2.05) is 37.3 Å². The summed E-state index contributed by atoms with van der Waals surface area (Å²) in [4.78, 5) is 24.3. The number of carbonyl (C=O) groups is 2. The molecule has 30 heavy (non-hydrogen) atoms. The smallest absolute Gasteiger partial charge is 0.325 e. The molecule has 156 valence electrons. The van der Waals surface area contributed by atoms with E-state index in [4.69, 9.17) is 0 Å². The highest BCUT2D eigenvalue weighted by Crippen LogP contribution is 2.43. The molecule has 1 aliphatic rings. The Morgan fingerprint density at radius 3 is 2.47 bits per heavy atom. The summed E-state index contributed by atoms with van der Waals surface area (Å²) in [5.74, 6) is -1.27. The number of ether oxygens (including phenoxy) is 1. The minimum atomic E-state index is -1.05. The zero-order valence-corrected chi connectivity index (χ0v) is 17.8. The van der Waals surface area contributed by atoms with Gasteiger partial charge in [0.2, 0.25) is 5.91 Å². The van der Waals surface area contributed by atoms with E-state index < -0.39 is 16.8 Å². The normalized spacial score (nSPS) is 15.1. The molecule has 0 bridgehead atoms. The van der Waals surface area contributed by atoms with E-state index in [9.17, 15) is 18.2 Å². The molecule has 1 aliphatic carbocycles. The highest BCUT2D eigenvalue weighted by atomic mass is 32.2. The summed E-state index contributed by atoms with van der Waals surface area (Å²) in [6, 6.07) is 11.9. The van der Waals surface area contributed by atoms with Gasteiger partial charge in [-0.1, -0.05) is 18.2 Å². The first-order valence-corrected chi connectivity index (χ1v) is 10.8. The van der Waals surface area contributed by atoms with Crippen LogP contribution in [0.3, 0.4) is 0 Å². The van der Waals surface area contributed by atoms with E-state index in [1.54, 1.807) is 12.3 Å². The summed E-state index contributed by atoms with van der Waals surface area (Å²) >= 11 is 0. The van der Waals surface area contributed by atoms with E-state index in [2.05, 4.69) is 10.1 Å². The van der Waals surface area contributed by atoms with Crippen molar-refractivity contribution < 1.29 is 22.9 Å². The first kappa shape index (κ1) is 21.6. The van der Waals surface area contributed by atoms with Gasteiger partial charge in [-0.25, -0.2) is 4.39 Å². The summed E-state index contributed by atoms with van der Waals surface area (Å²) < 4.78 is 30.1. The minimum Gasteiger partial charge on any atom is -0.468 e. The van der Waals surface area contributed by atoms with Crippen molar-refractivity contribution in [1.82, 2.24) is 5.32 Å². The van der Waals surface area contributed by atoms with Crippen LogP contribution in [0.25, 0.3) is 17.2 Å². The standard InChI is InChI=1S/C23H22FNO4S/c1-14-19(10-15-4-7-17(8-5-15)30(3)28)18-9-6-16(24)11-21(18)20(14)12-22(26)25-13-23(27)29-2/h4-11H,12-13H2,1-3H3,(H,25,26)/b19-10+/t30-/m1/s1. The number of nitrogens with one attached hydrogen (secondary N) is 1. The topological polar surface area (TPSA) is 72.5 Å². The number of hydrogen-bond donors (Lipinski definition) is 1. The van der Waals surface area contributed by atoms with Gasteiger partial charge >= 0.3 is 5.97 Å². The lowest BCUT2D eigenvalue weighted by molar-refractivity contribution is -0.141. The molecule has 1 amide bonds. The summed E-state index contributed by atoms with van der Waals surface area (Å²) in [5.41, 5.74) is 4.89. The van der Waals surface area contributed by atoms with Crippen LogP contribution in [0.4, 0.5) is 4.39 Å². The second-order valence-corrected chi connectivity index (χ2v) is 8.28. The Kier molecular flexibility index (Phi) is 6.62. The zero-order valence-electron chi connectivity index (χ0n) is 17.0. The van der Waals surface area contributed by atoms with Crippen LogP contribution >= 0.6 is 0 Å². The number of carbonyl (C=O) groups excluding carboxylic acids is 2. The van der Waals surface area contributed by atoms with Gasteiger partial charge in [0.1, 0.15) is 12.4 Å². The van der Waals surface area contributed by atoms with Crippen molar-refractivity contribution in [2.24, 2.45) is 0 Å². The molecule has 0 unspecified atom stereocenters. The Morgan fingerprint density at radius 2 is 1.83 bits per heavy atom. The molecular formula is C23H22FNO4S. The molecule has 1 N–H and O–H groups in total. The molecule has 7 heteroatoms. The lowest BCUT2D eigenvalue weighted by Crippen LogP contribution is -2.30. The van der Waals surface area contributed by atoms with Gasteiger partial charge in [-0.05, 0) is 70.7 Å². The molecule has 0 saturated carbocycles. The SMILES string of the molecule is COC(=O)CNC(=O)CC1=C(C)/C(=C\c2ccc([S@@](C)=O)cc2)c2ccc(F)cc21. The van der Waals surface area contributed by atoms with Crippen molar-refractivity contribution in [2.75, 3.05) is 19.9 Å². The van der Waals surface area contributed by atoms with Gasteiger partial charge in [0.25, 0.3) is 0 Å². The molecule has 2 aromatic carbocycles. The molecule has 1 atom stereocenters. The van der Waals surface area contributed by atoms with Crippen LogP contribution in [0, 0.1) is 5.82 Å². The van der Waals surface area contributed by atoms with Crippen LogP contribution in [-0.4, -0.2) is 36.0 Å². The van der Waals surface area contributed by atoms with Crippen LogP contribution in [-0.2, 0) is 25.1 Å². The fourth-order valence-electron chi connectivity index (χ4n) is 3.37. The number of esters is 1. The van der Waals surface area contributed by atoms with Gasteiger partial charge in [0, 0.05) is 22.0 Å². The predicted molar refractivity (Wildman–Crippen MR) is 115 cm³/mol. The number of halogens is 1. The maximum atomic E-state index is 13.9. The fourth-order valence-corrected chi connectivity index (χ4v) is 3.89. The number of rotatable bonds is 6. The Hall–Kier alpha value is -3.06. The lowest BCUT2D eigenvalue weighted by Gasteiger charge is -2.07. The van der Waals surface area contributed by atoms with E-state index in [0.717, 1.165) is 27.2 Å². The third-order valence-electron chi connectivity index (χ3n) is 4.97. The van der Waals surface area contributed by atoms with Gasteiger partial charge in [-0.3, -0.25) is 13.8 Å². The summed E-state index contributed by atoms with van der Waals surface area (Å²) in [6.07, 6.45) is 3.61. The van der Waals surface area contributed by atoms with Gasteiger partial charge in [-0.2, -0.15) is 0 Å². The summed E-state index contributed by atoms with van der Waals surface area (Å²) in [7, 11) is 0.194. The fraction of sp³-hybridized carbons (Fsp3) is 0.217. The van der Waals surface area contributed by atoms with Crippen LogP contribution in [0.2, 0.25) is 0 Å². The monoisotopic (exact) mass is 427 g/mol. The summed E-state index contributed by atoms with van der Waals surface area (Å²) in [5, 5.41) is 2.52. The molecule has 0 radical (unpaired) electrons. The first-order chi connectivity index (χ1) is 14.3. The zero-order chi connectivity index (χ0) is 21.8. The molecule has 0 saturated heterocycles. The van der Waals surface area contributed by atoms with Gasteiger partial charge in [0.05, 0.1) is 13.5 Å². The molecule has 0 heterocycles. The molecule has 2 aromatic rings. The highest BCUT2D eigenvalue weighted by molar-refractivity contribution is 7.84. The second kappa shape index (κ2) is 9.17. The molecule has 5 nitrogen and oxygen atoms in total. The van der Waals surface area contributed by atoms with Crippen LogP contribution in [0.1, 0.15) is 30.0 Å². The highest BCUT2D eigenvalue weighted by Gasteiger charge is 2.26. The minimum absolute atomic E-state index is 0.0182. The van der Waals surface area contributed by atoms with Crippen molar-refractivity contribution in [3.63, 3.8) is 0 Å². The van der Waals surface area contributed by atoms with Crippen molar-refractivity contribution >= 4 is 39.9 Å². The maximum absolute atomic E-state index is 13.9. The second-order valence-electron chi connectivity index (χ2n) is 6.90. The Labute approximate surface area is 177 Å². The van der Waals surface area contributed by atoms with Gasteiger partial charge < -0.3 is 10.1 Å². The quantitative estimate of drug-likeness (QED) is 0.716. The maximum Gasteiger partial charge on any atom is 0.325 e. The Balaban J connectivity index is 1.95. The van der Waals surface area contributed by atoms with Crippen molar-refractivity contribution in [1.29, 1.82) is 0 Å². The molecule has 0 aromatic heterocycles. The Morgan fingerprint density at radius 1 is 1.13 bits per heavy atom. The van der Waals surface area contributed by atoms with E-state index >= 15 is 0 Å². The van der Waals surface area contributed by atoms with Crippen LogP contribution in [0.15, 0.2) is 52.9 Å². The van der Waals surface area contributed by atoms with Gasteiger partial charge in [-0.15, -0.1) is 0 Å². The van der Waals surface area contributed by atoms with Gasteiger partial charge in [0.15, 0.2) is 0 Å².